The van der Waals surface area contributed by atoms with Crippen LogP contribution >= 0.6 is 0 Å². The van der Waals surface area contributed by atoms with Crippen LogP contribution in [0, 0.1) is 0 Å². The van der Waals surface area contributed by atoms with E-state index in [-0.39, 0.29) is 19.6 Å². The molecule has 28 heavy (non-hydrogen) atoms. The molecule has 1 aromatic carbocycles. The van der Waals surface area contributed by atoms with Crippen molar-refractivity contribution in [1.29, 1.82) is 0 Å². The molecule has 2 atom stereocenters. The maximum Gasteiger partial charge on any atom is 0.405 e. The van der Waals surface area contributed by atoms with Gasteiger partial charge in [-0.3, -0.25) is 14.5 Å². The average Bonchev–Trinajstić information content (AvgIpc) is 3.00. The maximum absolute atomic E-state index is 12.5. The number of imide groups is 1. The van der Waals surface area contributed by atoms with Crippen molar-refractivity contribution in [3.05, 3.63) is 23.8 Å². The van der Waals surface area contributed by atoms with Crippen LogP contribution in [-0.2, 0) is 16.1 Å². The van der Waals surface area contributed by atoms with Crippen LogP contribution in [0.3, 0.4) is 0 Å². The molecule has 0 aromatic heterocycles. The van der Waals surface area contributed by atoms with Crippen molar-refractivity contribution in [2.24, 2.45) is 0 Å². The maximum atomic E-state index is 12.5. The van der Waals surface area contributed by atoms with Crippen molar-refractivity contribution in [2.45, 2.75) is 18.6 Å². The highest BCUT2D eigenvalue weighted by Crippen LogP contribution is 2.30. The van der Waals surface area contributed by atoms with Gasteiger partial charge in [-0.2, -0.15) is 0 Å². The molecule has 5 amide bonds. The molecule has 0 bridgehead atoms. The third kappa shape index (κ3) is 3.50. The molecule has 2 aliphatic rings. The number of benzene rings is 1. The van der Waals surface area contributed by atoms with E-state index in [0.717, 1.165) is 4.90 Å². The fraction of sp³-hybridized carbons (Fsp3) is 0.412. The highest BCUT2D eigenvalue weighted by molar-refractivity contribution is 6.02. The zero-order valence-electron chi connectivity index (χ0n) is 15.3. The summed E-state index contributed by atoms with van der Waals surface area (Å²) in [4.78, 5) is 49.6. The fourth-order valence-electron chi connectivity index (χ4n) is 3.29. The van der Waals surface area contributed by atoms with Gasteiger partial charge in [-0.05, 0) is 12.1 Å². The van der Waals surface area contributed by atoms with Crippen LogP contribution in [-0.4, -0.2) is 78.2 Å². The number of carboxylic acid groups (broad SMARTS) is 1. The molecular weight excluding hydrogens is 372 g/mol. The molecule has 0 radical (unpaired) electrons. The van der Waals surface area contributed by atoms with Crippen LogP contribution in [0.25, 0.3) is 0 Å². The summed E-state index contributed by atoms with van der Waals surface area (Å²) < 4.78 is 10.5. The van der Waals surface area contributed by atoms with Crippen LogP contribution in [0.1, 0.15) is 5.56 Å². The molecule has 0 aliphatic carbocycles. The van der Waals surface area contributed by atoms with Gasteiger partial charge in [0.25, 0.3) is 0 Å². The van der Waals surface area contributed by atoms with Gasteiger partial charge in [0, 0.05) is 18.2 Å². The van der Waals surface area contributed by atoms with Gasteiger partial charge in [0.2, 0.25) is 11.8 Å². The van der Waals surface area contributed by atoms with Gasteiger partial charge < -0.3 is 30.1 Å². The minimum absolute atomic E-state index is 0.111. The zero-order valence-corrected chi connectivity index (χ0v) is 15.3. The Morgan fingerprint density at radius 3 is 2.61 bits per heavy atom. The summed E-state index contributed by atoms with van der Waals surface area (Å²) in [7, 11) is 3.00. The standard InChI is InChI=1S/C17H20N4O7/c1-27-10-4-3-9(12(5-10)28-2)7-20-11(14(15(20)23)19-17(25)26)8-21-13(22)6-18-16(21)24/h3-5,11,14,19H,6-8H2,1-2H3,(H,18,24)(H,25,26)/t11-,14+/m1/s1. The Kier molecular flexibility index (Phi) is 5.25. The number of carbonyl (C=O) groups excluding carboxylic acids is 3. The first-order valence-corrected chi connectivity index (χ1v) is 8.44. The number of hydrogen-bond donors (Lipinski definition) is 3. The van der Waals surface area contributed by atoms with Crippen LogP contribution in [0.2, 0.25) is 0 Å². The quantitative estimate of drug-likeness (QED) is 0.424. The Morgan fingerprint density at radius 2 is 2.04 bits per heavy atom. The summed E-state index contributed by atoms with van der Waals surface area (Å²) in [5.74, 6) is 0.199. The molecule has 2 heterocycles. The van der Waals surface area contributed by atoms with Crippen LogP contribution < -0.4 is 20.1 Å². The Hall–Kier alpha value is -3.50. The minimum Gasteiger partial charge on any atom is -0.497 e. The van der Waals surface area contributed by atoms with Crippen molar-refractivity contribution in [3.63, 3.8) is 0 Å². The van der Waals surface area contributed by atoms with Crippen molar-refractivity contribution < 1.29 is 33.8 Å². The number of likely N-dealkylation sites (tertiary alicyclic amines) is 1. The summed E-state index contributed by atoms with van der Waals surface area (Å²) in [5.41, 5.74) is 0.674. The van der Waals surface area contributed by atoms with Gasteiger partial charge in [-0.15, -0.1) is 0 Å². The molecule has 0 unspecified atom stereocenters. The number of hydrogen-bond acceptors (Lipinski definition) is 6. The molecule has 2 saturated heterocycles. The van der Waals surface area contributed by atoms with Crippen molar-refractivity contribution >= 4 is 23.9 Å². The topological polar surface area (TPSA) is 138 Å². The van der Waals surface area contributed by atoms with Crippen LogP contribution in [0.15, 0.2) is 18.2 Å². The monoisotopic (exact) mass is 392 g/mol. The van der Waals surface area contributed by atoms with Crippen LogP contribution in [0.4, 0.5) is 9.59 Å². The van der Waals surface area contributed by atoms with Gasteiger partial charge >= 0.3 is 12.1 Å². The molecule has 1 aromatic rings. The molecule has 2 fully saturated rings. The third-order valence-corrected chi connectivity index (χ3v) is 4.75. The van der Waals surface area contributed by atoms with Gasteiger partial charge in [0.1, 0.15) is 17.5 Å². The van der Waals surface area contributed by atoms with E-state index < -0.39 is 36.0 Å². The van der Waals surface area contributed by atoms with E-state index in [1.165, 1.54) is 19.1 Å². The number of amides is 5. The number of urea groups is 1. The number of carbonyl (C=O) groups is 4. The first-order valence-electron chi connectivity index (χ1n) is 8.44. The number of nitrogens with one attached hydrogen (secondary N) is 2. The molecule has 11 nitrogen and oxygen atoms in total. The predicted molar refractivity (Wildman–Crippen MR) is 93.9 cm³/mol. The molecular formula is C17H20N4O7. The lowest BCUT2D eigenvalue weighted by atomic mass is 9.93. The molecule has 0 spiro atoms. The van der Waals surface area contributed by atoms with E-state index >= 15 is 0 Å². The van der Waals surface area contributed by atoms with Crippen molar-refractivity contribution in [1.82, 2.24) is 20.4 Å². The highest BCUT2D eigenvalue weighted by atomic mass is 16.5. The van der Waals surface area contributed by atoms with Gasteiger partial charge in [-0.1, -0.05) is 0 Å². The summed E-state index contributed by atoms with van der Waals surface area (Å²) in [6, 6.07) is 2.81. The van der Waals surface area contributed by atoms with Gasteiger partial charge in [0.15, 0.2) is 0 Å². The molecule has 150 valence electrons. The third-order valence-electron chi connectivity index (χ3n) is 4.75. The second-order valence-corrected chi connectivity index (χ2v) is 6.30. The number of rotatable bonds is 7. The smallest absolute Gasteiger partial charge is 0.405 e. The largest absolute Gasteiger partial charge is 0.497 e. The highest BCUT2D eigenvalue weighted by Gasteiger charge is 2.50. The second-order valence-electron chi connectivity index (χ2n) is 6.30. The molecule has 0 saturated carbocycles. The summed E-state index contributed by atoms with van der Waals surface area (Å²) in [5, 5.41) is 13.5. The van der Waals surface area contributed by atoms with Crippen molar-refractivity contribution in [3.8, 4) is 11.5 Å². The lowest BCUT2D eigenvalue weighted by molar-refractivity contribution is -0.153. The van der Waals surface area contributed by atoms with E-state index in [0.29, 0.717) is 17.1 Å². The van der Waals surface area contributed by atoms with E-state index in [1.807, 2.05) is 0 Å². The Bertz CT molecular complexity index is 812. The van der Waals surface area contributed by atoms with E-state index in [1.54, 1.807) is 18.2 Å². The van der Waals surface area contributed by atoms with E-state index in [2.05, 4.69) is 10.6 Å². The summed E-state index contributed by atoms with van der Waals surface area (Å²) in [6.45, 7) is -0.110. The predicted octanol–water partition coefficient (Wildman–Crippen LogP) is -0.397. The van der Waals surface area contributed by atoms with Gasteiger partial charge in [-0.25, -0.2) is 9.59 Å². The SMILES string of the molecule is COc1ccc(CN2C(=O)[C@@H](NC(=O)O)[C@H]2CN2C(=O)CNC2=O)c(OC)c1. The fourth-order valence-corrected chi connectivity index (χ4v) is 3.29. The molecule has 3 rings (SSSR count). The number of ether oxygens (including phenoxy) is 2. The second kappa shape index (κ2) is 7.62. The minimum atomic E-state index is -1.36. The number of β-lactam (4-membered cyclic amide) rings is 1. The Morgan fingerprint density at radius 1 is 1.29 bits per heavy atom. The summed E-state index contributed by atoms with van der Waals surface area (Å²) >= 11 is 0. The number of nitrogens with zero attached hydrogens (tertiary/aromatic N) is 2. The average molecular weight is 392 g/mol. The van der Waals surface area contributed by atoms with E-state index in [4.69, 9.17) is 14.6 Å². The van der Waals surface area contributed by atoms with E-state index in [9.17, 15) is 19.2 Å². The molecule has 3 N–H and O–H groups in total. The van der Waals surface area contributed by atoms with Crippen LogP contribution in [0.5, 0.6) is 11.5 Å². The lowest BCUT2D eigenvalue weighted by Crippen LogP contribution is -2.73. The Balaban J connectivity index is 1.82. The van der Waals surface area contributed by atoms with Crippen molar-refractivity contribution in [2.75, 3.05) is 27.3 Å². The van der Waals surface area contributed by atoms with Gasteiger partial charge in [0.05, 0.1) is 33.4 Å². The zero-order chi connectivity index (χ0) is 20.4. The first kappa shape index (κ1) is 19.3. The lowest BCUT2D eigenvalue weighted by Gasteiger charge is -2.47. The number of methoxy groups -OCH3 is 2. The Labute approximate surface area is 160 Å². The molecule has 2 aliphatic heterocycles. The first-order chi connectivity index (χ1) is 13.3. The molecule has 11 heteroatoms. The summed E-state index contributed by atoms with van der Waals surface area (Å²) in [6.07, 6.45) is -1.36. The normalized spacial score (nSPS) is 21.3.